The van der Waals surface area contributed by atoms with Crippen LogP contribution in [-0.4, -0.2) is 46.3 Å². The number of hydrogen-bond acceptors (Lipinski definition) is 7. The van der Waals surface area contributed by atoms with E-state index in [4.69, 9.17) is 19.4 Å². The highest BCUT2D eigenvalue weighted by atomic mass is 16.5. The van der Waals surface area contributed by atoms with Gasteiger partial charge in [-0.25, -0.2) is 9.97 Å². The van der Waals surface area contributed by atoms with Gasteiger partial charge in [-0.1, -0.05) is 38.1 Å². The van der Waals surface area contributed by atoms with Crippen LogP contribution in [-0.2, 0) is 4.79 Å². The molecule has 0 aliphatic rings. The third kappa shape index (κ3) is 6.32. The number of aromatic nitrogens is 4. The van der Waals surface area contributed by atoms with E-state index in [9.17, 15) is 4.79 Å². The van der Waals surface area contributed by atoms with Gasteiger partial charge in [-0.3, -0.25) is 9.89 Å². The van der Waals surface area contributed by atoms with E-state index < -0.39 is 0 Å². The van der Waals surface area contributed by atoms with E-state index in [1.807, 2.05) is 86.8 Å². The van der Waals surface area contributed by atoms with Crippen LogP contribution < -0.4 is 20.1 Å². The van der Waals surface area contributed by atoms with Gasteiger partial charge in [0.25, 0.3) is 5.91 Å². The van der Waals surface area contributed by atoms with Crippen molar-refractivity contribution in [2.24, 2.45) is 5.92 Å². The van der Waals surface area contributed by atoms with Crippen molar-refractivity contribution in [3.05, 3.63) is 79.1 Å². The minimum absolute atomic E-state index is 0.0594. The van der Waals surface area contributed by atoms with Gasteiger partial charge < -0.3 is 20.1 Å². The molecule has 198 valence electrons. The first kappa shape index (κ1) is 25.7. The molecular weight excluding hydrogens is 492 g/mol. The van der Waals surface area contributed by atoms with E-state index in [1.54, 1.807) is 13.3 Å². The van der Waals surface area contributed by atoms with Crippen LogP contribution in [0.25, 0.3) is 33.4 Å². The number of fused-ring (bicyclic) bond motifs is 1. The topological polar surface area (TPSA) is 114 Å². The number of ether oxygens (including phenoxy) is 2. The monoisotopic (exact) mass is 522 g/mol. The van der Waals surface area contributed by atoms with Crippen LogP contribution in [0.1, 0.15) is 13.8 Å². The highest BCUT2D eigenvalue weighted by molar-refractivity contribution is 5.93. The number of hydrogen-bond donors (Lipinski definition) is 3. The molecule has 0 aliphatic carbocycles. The maximum absolute atomic E-state index is 12.1. The quantitative estimate of drug-likeness (QED) is 0.219. The Bertz CT molecular complexity index is 1570. The smallest absolute Gasteiger partial charge is 0.257 e. The SMILES string of the molecule is COc1ccc2nc(-c3cccc(OCC(=O)NCC(C)C)c3)nc(Nc3ccc(-c4cn[nH]c4)cc3)c2c1. The molecule has 0 unspecified atom stereocenters. The van der Waals surface area contributed by atoms with Crippen molar-refractivity contribution < 1.29 is 14.3 Å². The number of benzene rings is 3. The van der Waals surface area contributed by atoms with Crippen molar-refractivity contribution >= 4 is 28.3 Å². The van der Waals surface area contributed by atoms with E-state index in [2.05, 4.69) is 20.8 Å². The molecule has 3 aromatic carbocycles. The number of methoxy groups -OCH3 is 1. The number of nitrogens with zero attached hydrogens (tertiary/aromatic N) is 3. The number of anilines is 2. The van der Waals surface area contributed by atoms with Crippen LogP contribution in [0.5, 0.6) is 11.5 Å². The lowest BCUT2D eigenvalue weighted by atomic mass is 10.1. The minimum Gasteiger partial charge on any atom is -0.497 e. The Labute approximate surface area is 226 Å². The highest BCUT2D eigenvalue weighted by Gasteiger charge is 2.13. The van der Waals surface area contributed by atoms with Gasteiger partial charge in [0.1, 0.15) is 17.3 Å². The van der Waals surface area contributed by atoms with Crippen molar-refractivity contribution in [1.29, 1.82) is 0 Å². The largest absolute Gasteiger partial charge is 0.497 e. The molecule has 0 saturated heterocycles. The normalized spacial score (nSPS) is 11.0. The number of amides is 1. The Kier molecular flexibility index (Phi) is 7.68. The predicted molar refractivity (Wildman–Crippen MR) is 152 cm³/mol. The Balaban J connectivity index is 1.43. The number of nitrogens with one attached hydrogen (secondary N) is 3. The minimum atomic E-state index is -0.157. The van der Waals surface area contributed by atoms with Gasteiger partial charge in [-0.2, -0.15) is 5.10 Å². The Morgan fingerprint density at radius 2 is 1.79 bits per heavy atom. The molecular formula is C30H30N6O3. The molecule has 0 aliphatic heterocycles. The molecule has 0 atom stereocenters. The highest BCUT2D eigenvalue weighted by Crippen LogP contribution is 2.31. The fourth-order valence-corrected chi connectivity index (χ4v) is 3.99. The van der Waals surface area contributed by atoms with Crippen LogP contribution in [0.2, 0.25) is 0 Å². The summed E-state index contributed by atoms with van der Waals surface area (Å²) < 4.78 is 11.2. The summed E-state index contributed by atoms with van der Waals surface area (Å²) in [6.45, 7) is 4.64. The second kappa shape index (κ2) is 11.6. The van der Waals surface area contributed by atoms with E-state index >= 15 is 0 Å². The molecule has 9 heteroatoms. The Morgan fingerprint density at radius 1 is 0.949 bits per heavy atom. The molecule has 9 nitrogen and oxygen atoms in total. The summed E-state index contributed by atoms with van der Waals surface area (Å²) in [7, 11) is 1.63. The first-order chi connectivity index (χ1) is 19.0. The van der Waals surface area contributed by atoms with Crippen molar-refractivity contribution in [3.63, 3.8) is 0 Å². The zero-order valence-electron chi connectivity index (χ0n) is 22.1. The van der Waals surface area contributed by atoms with Gasteiger partial charge in [-0.15, -0.1) is 0 Å². The summed E-state index contributed by atoms with van der Waals surface area (Å²) >= 11 is 0. The van der Waals surface area contributed by atoms with Crippen LogP contribution in [0.15, 0.2) is 79.1 Å². The van der Waals surface area contributed by atoms with Crippen molar-refractivity contribution in [1.82, 2.24) is 25.5 Å². The predicted octanol–water partition coefficient (Wildman–Crippen LogP) is 5.59. The molecule has 5 rings (SSSR count). The molecule has 1 amide bonds. The van der Waals surface area contributed by atoms with E-state index in [1.165, 1.54) is 0 Å². The van der Waals surface area contributed by atoms with Gasteiger partial charge >= 0.3 is 0 Å². The number of carbonyl (C=O) groups excluding carboxylic acids is 1. The fourth-order valence-electron chi connectivity index (χ4n) is 3.99. The summed E-state index contributed by atoms with van der Waals surface area (Å²) in [6, 6.07) is 21.2. The van der Waals surface area contributed by atoms with Gasteiger partial charge in [0, 0.05) is 34.9 Å². The van der Waals surface area contributed by atoms with Crippen LogP contribution in [0.3, 0.4) is 0 Å². The van der Waals surface area contributed by atoms with E-state index in [-0.39, 0.29) is 12.5 Å². The fraction of sp³-hybridized carbons (Fsp3) is 0.200. The van der Waals surface area contributed by atoms with Crippen LogP contribution in [0.4, 0.5) is 11.5 Å². The molecule has 5 aromatic rings. The number of H-pyrrole nitrogens is 1. The number of carbonyl (C=O) groups is 1. The molecule has 2 aromatic heterocycles. The Hall–Kier alpha value is -4.92. The third-order valence-electron chi connectivity index (χ3n) is 6.05. The lowest BCUT2D eigenvalue weighted by molar-refractivity contribution is -0.123. The zero-order valence-corrected chi connectivity index (χ0v) is 22.1. The van der Waals surface area contributed by atoms with Gasteiger partial charge in [0.05, 0.1) is 18.8 Å². The average Bonchev–Trinajstić information content (AvgIpc) is 3.50. The van der Waals surface area contributed by atoms with Crippen LogP contribution >= 0.6 is 0 Å². The first-order valence-corrected chi connectivity index (χ1v) is 12.7. The zero-order chi connectivity index (χ0) is 27.2. The molecule has 3 N–H and O–H groups in total. The molecule has 0 saturated carbocycles. The average molecular weight is 523 g/mol. The number of aromatic amines is 1. The summed E-state index contributed by atoms with van der Waals surface area (Å²) in [4.78, 5) is 21.8. The standard InChI is InChI=1S/C30H30N6O3/c1-19(2)15-31-28(37)18-39-25-6-4-5-21(13-25)29-35-27-12-11-24(38-3)14-26(27)30(36-29)34-23-9-7-20(8-10-23)22-16-32-33-17-22/h4-14,16-17,19H,15,18H2,1-3H3,(H,31,37)(H,32,33)(H,34,35,36). The summed E-state index contributed by atoms with van der Waals surface area (Å²) in [5.74, 6) is 2.66. The molecule has 0 radical (unpaired) electrons. The molecule has 0 fully saturated rings. The van der Waals surface area contributed by atoms with E-state index in [0.29, 0.717) is 35.6 Å². The maximum Gasteiger partial charge on any atom is 0.257 e. The molecule has 0 spiro atoms. The van der Waals surface area contributed by atoms with Gasteiger partial charge in [0.15, 0.2) is 12.4 Å². The Morgan fingerprint density at radius 3 is 2.54 bits per heavy atom. The number of rotatable bonds is 10. The first-order valence-electron chi connectivity index (χ1n) is 12.7. The molecule has 2 heterocycles. The summed E-state index contributed by atoms with van der Waals surface area (Å²) in [5.41, 5.74) is 4.48. The molecule has 0 bridgehead atoms. The summed E-state index contributed by atoms with van der Waals surface area (Å²) in [6.07, 6.45) is 3.64. The van der Waals surface area contributed by atoms with Crippen molar-refractivity contribution in [3.8, 4) is 34.0 Å². The second-order valence-electron chi connectivity index (χ2n) is 9.48. The van der Waals surface area contributed by atoms with Gasteiger partial charge in [-0.05, 0) is 53.9 Å². The van der Waals surface area contributed by atoms with Crippen LogP contribution in [0, 0.1) is 5.92 Å². The lowest BCUT2D eigenvalue weighted by Gasteiger charge is -2.13. The molecule has 39 heavy (non-hydrogen) atoms. The second-order valence-corrected chi connectivity index (χ2v) is 9.48. The van der Waals surface area contributed by atoms with Gasteiger partial charge in [0.2, 0.25) is 0 Å². The van der Waals surface area contributed by atoms with Crippen molar-refractivity contribution in [2.75, 3.05) is 25.6 Å². The maximum atomic E-state index is 12.1. The lowest BCUT2D eigenvalue weighted by Crippen LogP contribution is -2.31. The summed E-state index contributed by atoms with van der Waals surface area (Å²) in [5, 5.41) is 14.0. The van der Waals surface area contributed by atoms with Crippen molar-refractivity contribution in [2.45, 2.75) is 13.8 Å². The van der Waals surface area contributed by atoms with E-state index in [0.717, 1.165) is 33.3 Å². The third-order valence-corrected chi connectivity index (χ3v) is 6.05.